The number of nitrogens with zero attached hydrogens (tertiary/aromatic N) is 3. The van der Waals surface area contributed by atoms with Crippen LogP contribution in [0.1, 0.15) is 10.4 Å². The molecule has 1 aromatic heterocycles. The molecule has 166 valence electrons. The summed E-state index contributed by atoms with van der Waals surface area (Å²) >= 11 is 7.29. The van der Waals surface area contributed by atoms with Crippen LogP contribution in [0.2, 0.25) is 5.02 Å². The maximum atomic E-state index is 12.6. The van der Waals surface area contributed by atoms with Crippen molar-refractivity contribution in [2.45, 2.75) is 0 Å². The highest BCUT2D eigenvalue weighted by Gasteiger charge is 2.23. The van der Waals surface area contributed by atoms with Crippen LogP contribution in [0.3, 0.4) is 0 Å². The lowest BCUT2D eigenvalue weighted by molar-refractivity contribution is -0.117. The second kappa shape index (κ2) is 10.1. The van der Waals surface area contributed by atoms with Gasteiger partial charge in [0.25, 0.3) is 5.91 Å². The van der Waals surface area contributed by atoms with Crippen LogP contribution < -0.4 is 10.1 Å². The molecule has 0 unspecified atom stereocenters. The molecule has 0 bridgehead atoms. The minimum Gasteiger partial charge on any atom is -0.497 e. The summed E-state index contributed by atoms with van der Waals surface area (Å²) in [6, 6.07) is 14.5. The fourth-order valence-electron chi connectivity index (χ4n) is 3.47. The van der Waals surface area contributed by atoms with E-state index in [-0.39, 0.29) is 18.4 Å². The molecule has 32 heavy (non-hydrogen) atoms. The molecule has 7 nitrogen and oxygen atoms in total. The number of benzene rings is 2. The summed E-state index contributed by atoms with van der Waals surface area (Å²) in [5.41, 5.74) is 2.39. The molecule has 4 rings (SSSR count). The van der Waals surface area contributed by atoms with E-state index in [4.69, 9.17) is 16.3 Å². The number of piperazine rings is 1. The number of carbonyl (C=O) groups is 2. The van der Waals surface area contributed by atoms with Crippen molar-refractivity contribution in [3.63, 3.8) is 0 Å². The van der Waals surface area contributed by atoms with E-state index in [9.17, 15) is 9.59 Å². The van der Waals surface area contributed by atoms with Gasteiger partial charge in [-0.3, -0.25) is 14.5 Å². The van der Waals surface area contributed by atoms with Crippen molar-refractivity contribution in [1.29, 1.82) is 0 Å². The molecule has 2 aromatic carbocycles. The van der Waals surface area contributed by atoms with Gasteiger partial charge in [0.05, 0.1) is 19.3 Å². The van der Waals surface area contributed by atoms with Crippen molar-refractivity contribution >= 4 is 39.9 Å². The first-order valence-electron chi connectivity index (χ1n) is 10.2. The third-order valence-corrected chi connectivity index (χ3v) is 6.26. The zero-order chi connectivity index (χ0) is 22.5. The molecule has 0 aliphatic carbocycles. The molecule has 1 fully saturated rings. The van der Waals surface area contributed by atoms with Crippen LogP contribution in [0, 0.1) is 0 Å². The second-order valence-corrected chi connectivity index (χ2v) is 8.68. The summed E-state index contributed by atoms with van der Waals surface area (Å²) in [6.07, 6.45) is 0. The van der Waals surface area contributed by atoms with E-state index in [1.165, 1.54) is 11.3 Å². The summed E-state index contributed by atoms with van der Waals surface area (Å²) in [7, 11) is 1.63. The van der Waals surface area contributed by atoms with Crippen LogP contribution >= 0.6 is 22.9 Å². The molecular weight excluding hydrogens is 448 g/mol. The van der Waals surface area contributed by atoms with E-state index < -0.39 is 0 Å². The number of carbonyl (C=O) groups excluding carboxylic acids is 2. The Bertz CT molecular complexity index is 1080. The lowest BCUT2D eigenvalue weighted by atomic mass is 10.2. The third kappa shape index (κ3) is 5.45. The molecule has 9 heteroatoms. The molecular formula is C23H23ClN4O3S. The first kappa shape index (κ1) is 22.3. The molecule has 1 aliphatic heterocycles. The van der Waals surface area contributed by atoms with Gasteiger partial charge < -0.3 is 15.0 Å². The highest BCUT2D eigenvalue weighted by atomic mass is 35.5. The number of thiazole rings is 1. The van der Waals surface area contributed by atoms with Crippen LogP contribution in [-0.2, 0) is 4.79 Å². The summed E-state index contributed by atoms with van der Waals surface area (Å²) < 4.78 is 5.18. The molecule has 0 spiro atoms. The lowest BCUT2D eigenvalue weighted by Crippen LogP contribution is -2.50. The van der Waals surface area contributed by atoms with Gasteiger partial charge in [-0.2, -0.15) is 0 Å². The van der Waals surface area contributed by atoms with Gasteiger partial charge in [-0.25, -0.2) is 4.98 Å². The first-order valence-corrected chi connectivity index (χ1v) is 11.4. The van der Waals surface area contributed by atoms with Gasteiger partial charge in [0.1, 0.15) is 5.75 Å². The fraction of sp³-hybridized carbons (Fsp3) is 0.261. The second-order valence-electron chi connectivity index (χ2n) is 7.39. The first-order chi connectivity index (χ1) is 15.5. The standard InChI is InChI=1S/C23H23ClN4O3S/c1-31-19-8-4-16(5-9-19)20-15-32-23(25-20)26-21(29)14-27-10-12-28(13-11-27)22(30)17-2-6-18(24)7-3-17/h2-9,15H,10-14H2,1H3,(H,25,26,29). The summed E-state index contributed by atoms with van der Waals surface area (Å²) in [6.45, 7) is 2.70. The number of hydrogen-bond donors (Lipinski definition) is 1. The van der Waals surface area contributed by atoms with Crippen LogP contribution in [0.15, 0.2) is 53.9 Å². The predicted molar refractivity (Wildman–Crippen MR) is 127 cm³/mol. The summed E-state index contributed by atoms with van der Waals surface area (Å²) in [4.78, 5) is 33.4. The number of methoxy groups -OCH3 is 1. The normalized spacial score (nSPS) is 14.2. The van der Waals surface area contributed by atoms with E-state index in [0.717, 1.165) is 17.0 Å². The Hall–Kier alpha value is -2.94. The number of hydrogen-bond acceptors (Lipinski definition) is 6. The molecule has 3 aromatic rings. The van der Waals surface area contributed by atoms with Crippen molar-refractivity contribution in [2.75, 3.05) is 45.2 Å². The van der Waals surface area contributed by atoms with Gasteiger partial charge in [0, 0.05) is 47.7 Å². The highest BCUT2D eigenvalue weighted by Crippen LogP contribution is 2.26. The smallest absolute Gasteiger partial charge is 0.253 e. The Balaban J connectivity index is 1.26. The lowest BCUT2D eigenvalue weighted by Gasteiger charge is -2.34. The summed E-state index contributed by atoms with van der Waals surface area (Å²) in [5, 5.41) is 5.96. The Morgan fingerprint density at radius 3 is 2.41 bits per heavy atom. The van der Waals surface area contributed by atoms with Crippen LogP contribution in [0.5, 0.6) is 5.75 Å². The van der Waals surface area contributed by atoms with Gasteiger partial charge in [-0.15, -0.1) is 11.3 Å². The van der Waals surface area contributed by atoms with Crippen molar-refractivity contribution in [2.24, 2.45) is 0 Å². The maximum Gasteiger partial charge on any atom is 0.253 e. The van der Waals surface area contributed by atoms with Crippen molar-refractivity contribution in [3.8, 4) is 17.0 Å². The summed E-state index contributed by atoms with van der Waals surface area (Å²) in [5.74, 6) is 0.658. The number of halogens is 1. The number of aromatic nitrogens is 1. The van der Waals surface area contributed by atoms with Gasteiger partial charge in [-0.05, 0) is 48.5 Å². The largest absolute Gasteiger partial charge is 0.497 e. The van der Waals surface area contributed by atoms with E-state index >= 15 is 0 Å². The van der Waals surface area contributed by atoms with Gasteiger partial charge in [0.2, 0.25) is 5.91 Å². The third-order valence-electron chi connectivity index (χ3n) is 5.25. The molecule has 1 N–H and O–H groups in total. The zero-order valence-corrected chi connectivity index (χ0v) is 19.2. The monoisotopic (exact) mass is 470 g/mol. The Morgan fingerprint density at radius 1 is 1.06 bits per heavy atom. The number of amides is 2. The quantitative estimate of drug-likeness (QED) is 0.592. The van der Waals surface area contributed by atoms with Crippen LogP contribution in [0.25, 0.3) is 11.3 Å². The highest BCUT2D eigenvalue weighted by molar-refractivity contribution is 7.14. The van der Waals surface area contributed by atoms with Gasteiger partial charge in [0.15, 0.2) is 5.13 Å². The van der Waals surface area contributed by atoms with Crippen molar-refractivity contribution in [3.05, 3.63) is 64.5 Å². The van der Waals surface area contributed by atoms with Crippen LogP contribution in [-0.4, -0.2) is 66.4 Å². The molecule has 2 heterocycles. The predicted octanol–water partition coefficient (Wildman–Crippen LogP) is 3.87. The molecule has 2 amide bonds. The number of anilines is 1. The minimum atomic E-state index is -0.113. The molecule has 1 aliphatic rings. The molecule has 0 saturated carbocycles. The van der Waals surface area contributed by atoms with E-state index in [1.54, 1.807) is 36.3 Å². The number of nitrogens with one attached hydrogen (secondary N) is 1. The minimum absolute atomic E-state index is 0.0142. The van der Waals surface area contributed by atoms with Gasteiger partial charge in [-0.1, -0.05) is 11.6 Å². The molecule has 1 saturated heterocycles. The average molecular weight is 471 g/mol. The Kier molecular flexibility index (Phi) is 7.04. The molecule has 0 radical (unpaired) electrons. The van der Waals surface area contributed by atoms with E-state index in [2.05, 4.69) is 10.3 Å². The van der Waals surface area contributed by atoms with E-state index in [0.29, 0.717) is 41.9 Å². The number of ether oxygens (including phenoxy) is 1. The van der Waals surface area contributed by atoms with E-state index in [1.807, 2.05) is 34.5 Å². The maximum absolute atomic E-state index is 12.6. The van der Waals surface area contributed by atoms with Crippen molar-refractivity contribution < 1.29 is 14.3 Å². The number of rotatable bonds is 6. The fourth-order valence-corrected chi connectivity index (χ4v) is 4.33. The Labute approximate surface area is 195 Å². The topological polar surface area (TPSA) is 74.8 Å². The molecule has 0 atom stereocenters. The van der Waals surface area contributed by atoms with Crippen molar-refractivity contribution in [1.82, 2.24) is 14.8 Å². The SMILES string of the molecule is COc1ccc(-c2csc(NC(=O)CN3CCN(C(=O)c4ccc(Cl)cc4)CC3)n2)cc1. The average Bonchev–Trinajstić information content (AvgIpc) is 3.28. The van der Waals surface area contributed by atoms with Crippen LogP contribution in [0.4, 0.5) is 5.13 Å². The zero-order valence-electron chi connectivity index (χ0n) is 17.6. The Morgan fingerprint density at radius 2 is 1.75 bits per heavy atom. The van der Waals surface area contributed by atoms with Gasteiger partial charge >= 0.3 is 0 Å².